The van der Waals surface area contributed by atoms with E-state index in [0.29, 0.717) is 24.4 Å². The fourth-order valence-electron chi connectivity index (χ4n) is 2.78. The van der Waals surface area contributed by atoms with Gasteiger partial charge in [-0.25, -0.2) is 9.97 Å². The Morgan fingerprint density at radius 1 is 1.35 bits per heavy atom. The van der Waals surface area contributed by atoms with Crippen LogP contribution >= 0.6 is 0 Å². The maximum Gasteiger partial charge on any atom is 0.267 e. The number of hydrogen-bond acceptors (Lipinski definition) is 7. The molecule has 1 aliphatic rings. The van der Waals surface area contributed by atoms with Gasteiger partial charge in [0.1, 0.15) is 23.3 Å². The average molecular weight is 424 g/mol. The van der Waals surface area contributed by atoms with E-state index in [1.165, 1.54) is 30.3 Å². The molecule has 1 aliphatic heterocycles. The molecule has 31 heavy (non-hydrogen) atoms. The van der Waals surface area contributed by atoms with E-state index in [2.05, 4.69) is 32.2 Å². The van der Waals surface area contributed by atoms with E-state index in [0.717, 1.165) is 0 Å². The number of nitrogens with zero attached hydrogens (tertiary/aromatic N) is 3. The SMILES string of the molecule is C=C(C=CC(=CC)c1nc(NC2CCNC2=O)cc(C(N)=O)n1)Oc1cccc(F)n1. The van der Waals surface area contributed by atoms with Crippen LogP contribution < -0.4 is 21.1 Å². The second-order valence-corrected chi connectivity index (χ2v) is 6.55. The van der Waals surface area contributed by atoms with Crippen LogP contribution in [0.4, 0.5) is 10.2 Å². The van der Waals surface area contributed by atoms with Gasteiger partial charge < -0.3 is 21.1 Å². The predicted molar refractivity (Wildman–Crippen MR) is 112 cm³/mol. The Bertz CT molecular complexity index is 1080. The van der Waals surface area contributed by atoms with E-state index in [-0.39, 0.29) is 29.1 Å². The molecule has 1 unspecified atom stereocenters. The molecule has 10 heteroatoms. The third kappa shape index (κ3) is 5.72. The predicted octanol–water partition coefficient (Wildman–Crippen LogP) is 1.96. The van der Waals surface area contributed by atoms with Crippen LogP contribution in [-0.4, -0.2) is 39.4 Å². The van der Waals surface area contributed by atoms with E-state index in [4.69, 9.17) is 10.5 Å². The average Bonchev–Trinajstić information content (AvgIpc) is 3.12. The fourth-order valence-corrected chi connectivity index (χ4v) is 2.78. The van der Waals surface area contributed by atoms with Crippen molar-refractivity contribution in [3.05, 3.63) is 72.3 Å². The number of ether oxygens (including phenoxy) is 1. The molecular formula is C21H21FN6O3. The third-order valence-electron chi connectivity index (χ3n) is 4.29. The summed E-state index contributed by atoms with van der Waals surface area (Å²) >= 11 is 0. The summed E-state index contributed by atoms with van der Waals surface area (Å²) in [6.45, 7) is 6.07. The smallest absolute Gasteiger partial charge is 0.267 e. The lowest BCUT2D eigenvalue weighted by molar-refractivity contribution is -0.119. The van der Waals surface area contributed by atoms with Gasteiger partial charge in [-0.2, -0.15) is 9.37 Å². The highest BCUT2D eigenvalue weighted by molar-refractivity contribution is 5.92. The van der Waals surface area contributed by atoms with Crippen molar-refractivity contribution in [2.24, 2.45) is 5.73 Å². The van der Waals surface area contributed by atoms with Crippen molar-refractivity contribution in [3.8, 4) is 5.88 Å². The van der Waals surface area contributed by atoms with Gasteiger partial charge in [0, 0.05) is 24.3 Å². The molecule has 1 saturated heterocycles. The second kappa shape index (κ2) is 9.61. The number of anilines is 1. The molecule has 1 atom stereocenters. The molecule has 0 bridgehead atoms. The van der Waals surface area contributed by atoms with Gasteiger partial charge in [-0.3, -0.25) is 9.59 Å². The lowest BCUT2D eigenvalue weighted by Gasteiger charge is -2.13. The van der Waals surface area contributed by atoms with Crippen LogP contribution in [0.15, 0.2) is 54.8 Å². The molecule has 3 rings (SSSR count). The van der Waals surface area contributed by atoms with Gasteiger partial charge in [0.05, 0.1) is 0 Å². The number of aromatic nitrogens is 3. The molecule has 3 heterocycles. The standard InChI is InChI=1S/C21H21FN6O3/c1-3-13(8-7-12(2)31-18-6-4-5-16(22)27-18)20-26-15(19(23)29)11-17(28-20)25-14-9-10-24-21(14)30/h3-8,11,14H,2,9-10H2,1H3,(H2,23,29)(H,24,30)(H,25,26,28). The minimum absolute atomic E-state index is 0.00214. The normalized spacial score (nSPS) is 16.3. The van der Waals surface area contributed by atoms with Crippen LogP contribution in [0.25, 0.3) is 5.57 Å². The zero-order valence-corrected chi connectivity index (χ0v) is 16.8. The number of carbonyl (C=O) groups is 2. The van der Waals surface area contributed by atoms with E-state index < -0.39 is 17.9 Å². The number of rotatable bonds is 8. The topological polar surface area (TPSA) is 132 Å². The van der Waals surface area contributed by atoms with E-state index in [1.54, 1.807) is 19.1 Å². The molecule has 4 N–H and O–H groups in total. The summed E-state index contributed by atoms with van der Waals surface area (Å²) in [6.07, 6.45) is 5.45. The maximum absolute atomic E-state index is 13.2. The van der Waals surface area contributed by atoms with Crippen molar-refractivity contribution in [1.82, 2.24) is 20.3 Å². The number of hydrogen-bond donors (Lipinski definition) is 3. The number of nitrogens with two attached hydrogens (primary N) is 1. The Labute approximate surface area is 177 Å². The Balaban J connectivity index is 1.81. The third-order valence-corrected chi connectivity index (χ3v) is 4.29. The van der Waals surface area contributed by atoms with Crippen molar-refractivity contribution in [2.75, 3.05) is 11.9 Å². The summed E-state index contributed by atoms with van der Waals surface area (Å²) in [7, 11) is 0. The second-order valence-electron chi connectivity index (χ2n) is 6.55. The molecule has 2 aromatic heterocycles. The van der Waals surface area contributed by atoms with E-state index >= 15 is 0 Å². The molecule has 0 radical (unpaired) electrons. The molecule has 0 saturated carbocycles. The minimum Gasteiger partial charge on any atom is -0.440 e. The highest BCUT2D eigenvalue weighted by Gasteiger charge is 2.24. The van der Waals surface area contributed by atoms with Gasteiger partial charge in [-0.05, 0) is 31.6 Å². The molecule has 0 spiro atoms. The van der Waals surface area contributed by atoms with Crippen LogP contribution in [0.2, 0.25) is 0 Å². The first-order chi connectivity index (χ1) is 14.9. The van der Waals surface area contributed by atoms with Crippen molar-refractivity contribution < 1.29 is 18.7 Å². The molecule has 2 aromatic rings. The van der Waals surface area contributed by atoms with Gasteiger partial charge in [0.15, 0.2) is 5.82 Å². The summed E-state index contributed by atoms with van der Waals surface area (Å²) in [5.41, 5.74) is 5.94. The van der Waals surface area contributed by atoms with Gasteiger partial charge >= 0.3 is 0 Å². The summed E-state index contributed by atoms with van der Waals surface area (Å²) in [4.78, 5) is 35.8. The number of pyridine rings is 1. The van der Waals surface area contributed by atoms with Crippen molar-refractivity contribution in [2.45, 2.75) is 19.4 Å². The Morgan fingerprint density at radius 3 is 2.81 bits per heavy atom. The Hall–Kier alpha value is -4.08. The van der Waals surface area contributed by atoms with Crippen LogP contribution in [0, 0.1) is 5.95 Å². The summed E-state index contributed by atoms with van der Waals surface area (Å²) in [5.74, 6) is -0.774. The maximum atomic E-state index is 13.2. The molecule has 0 aromatic carbocycles. The van der Waals surface area contributed by atoms with Crippen LogP contribution in [-0.2, 0) is 4.79 Å². The number of allylic oxidation sites excluding steroid dienone is 4. The van der Waals surface area contributed by atoms with E-state index in [1.807, 2.05) is 0 Å². The van der Waals surface area contributed by atoms with Crippen LogP contribution in [0.5, 0.6) is 5.88 Å². The zero-order valence-electron chi connectivity index (χ0n) is 16.8. The van der Waals surface area contributed by atoms with Gasteiger partial charge in [0.25, 0.3) is 5.91 Å². The van der Waals surface area contributed by atoms with Gasteiger partial charge in [-0.15, -0.1) is 0 Å². The Kier molecular flexibility index (Phi) is 6.71. The lowest BCUT2D eigenvalue weighted by Crippen LogP contribution is -2.30. The van der Waals surface area contributed by atoms with Crippen LogP contribution in [0.3, 0.4) is 0 Å². The number of nitrogens with one attached hydrogen (secondary N) is 2. The van der Waals surface area contributed by atoms with Crippen molar-refractivity contribution >= 4 is 23.2 Å². The highest BCUT2D eigenvalue weighted by atomic mass is 19.1. The fraction of sp³-hybridized carbons (Fsp3) is 0.190. The summed E-state index contributed by atoms with van der Waals surface area (Å²) in [6, 6.07) is 5.10. The Morgan fingerprint density at radius 2 is 2.16 bits per heavy atom. The molecule has 160 valence electrons. The molecule has 9 nitrogen and oxygen atoms in total. The molecule has 2 amide bonds. The molecular weight excluding hydrogens is 403 g/mol. The van der Waals surface area contributed by atoms with Crippen molar-refractivity contribution in [1.29, 1.82) is 0 Å². The van der Waals surface area contributed by atoms with Gasteiger partial charge in [-0.1, -0.05) is 18.7 Å². The lowest BCUT2D eigenvalue weighted by atomic mass is 10.2. The van der Waals surface area contributed by atoms with Crippen LogP contribution in [0.1, 0.15) is 29.7 Å². The highest BCUT2D eigenvalue weighted by Crippen LogP contribution is 2.19. The number of halogens is 1. The first-order valence-electron chi connectivity index (χ1n) is 9.43. The summed E-state index contributed by atoms with van der Waals surface area (Å²) < 4.78 is 18.6. The largest absolute Gasteiger partial charge is 0.440 e. The number of primary amides is 1. The quantitative estimate of drug-likeness (QED) is 0.335. The monoisotopic (exact) mass is 424 g/mol. The van der Waals surface area contributed by atoms with Gasteiger partial charge in [0.2, 0.25) is 17.7 Å². The van der Waals surface area contributed by atoms with E-state index in [9.17, 15) is 14.0 Å². The minimum atomic E-state index is -0.730. The molecule has 1 fully saturated rings. The number of carbonyl (C=O) groups excluding carboxylic acids is 2. The van der Waals surface area contributed by atoms with Crippen molar-refractivity contribution in [3.63, 3.8) is 0 Å². The molecule has 0 aliphatic carbocycles. The first kappa shape index (κ1) is 21.6. The first-order valence-corrected chi connectivity index (χ1v) is 9.43. The zero-order chi connectivity index (χ0) is 22.4. The number of amides is 2. The summed E-state index contributed by atoms with van der Waals surface area (Å²) in [5, 5.41) is 5.72.